The molecule has 0 heterocycles. The van der Waals surface area contributed by atoms with Gasteiger partial charge in [-0.1, -0.05) is 51.1 Å². The van der Waals surface area contributed by atoms with Crippen LogP contribution < -0.4 is 10.1 Å². The van der Waals surface area contributed by atoms with Gasteiger partial charge in [0.2, 0.25) is 0 Å². The standard InChI is InChI=1S/C21H27NO2/c1-5-16-11-9-12-17(6-2)20(16)22-21(23)19(7-3)24-18-13-8-10-15(4)14-18/h8-14,19H,5-7H2,1-4H3,(H,22,23)/t19-/m1/s1. The zero-order chi connectivity index (χ0) is 17.5. The summed E-state index contributed by atoms with van der Waals surface area (Å²) in [6.45, 7) is 8.18. The molecule has 0 bridgehead atoms. The second-order valence-corrected chi connectivity index (χ2v) is 5.98. The van der Waals surface area contributed by atoms with Gasteiger partial charge in [0, 0.05) is 5.69 Å². The lowest BCUT2D eigenvalue weighted by molar-refractivity contribution is -0.122. The minimum Gasteiger partial charge on any atom is -0.481 e. The van der Waals surface area contributed by atoms with Crippen LogP contribution in [0.2, 0.25) is 0 Å². The molecule has 0 saturated heterocycles. The largest absolute Gasteiger partial charge is 0.481 e. The zero-order valence-electron chi connectivity index (χ0n) is 15.1. The molecule has 0 aliphatic rings. The molecule has 2 aromatic carbocycles. The van der Waals surface area contributed by atoms with E-state index in [-0.39, 0.29) is 5.91 Å². The van der Waals surface area contributed by atoms with Crippen LogP contribution in [0.25, 0.3) is 0 Å². The lowest BCUT2D eigenvalue weighted by Crippen LogP contribution is -2.33. The molecule has 1 amide bonds. The summed E-state index contributed by atoms with van der Waals surface area (Å²) in [6.07, 6.45) is 1.90. The van der Waals surface area contributed by atoms with E-state index in [4.69, 9.17) is 4.74 Å². The van der Waals surface area contributed by atoms with Crippen LogP contribution in [0.3, 0.4) is 0 Å². The molecule has 2 aromatic rings. The number of hydrogen-bond acceptors (Lipinski definition) is 2. The van der Waals surface area contributed by atoms with Crippen molar-refractivity contribution in [2.75, 3.05) is 5.32 Å². The van der Waals surface area contributed by atoms with Crippen LogP contribution in [-0.2, 0) is 17.6 Å². The van der Waals surface area contributed by atoms with Crippen molar-refractivity contribution in [3.63, 3.8) is 0 Å². The number of carbonyl (C=O) groups is 1. The SMILES string of the molecule is CCc1cccc(CC)c1NC(=O)[C@@H](CC)Oc1cccc(C)c1. The second kappa shape index (κ2) is 8.53. The monoisotopic (exact) mass is 325 g/mol. The Morgan fingerprint density at radius 2 is 1.67 bits per heavy atom. The Hall–Kier alpha value is -2.29. The smallest absolute Gasteiger partial charge is 0.265 e. The first-order chi connectivity index (χ1) is 11.6. The number of amides is 1. The van der Waals surface area contributed by atoms with Gasteiger partial charge in [-0.2, -0.15) is 0 Å². The number of carbonyl (C=O) groups excluding carboxylic acids is 1. The summed E-state index contributed by atoms with van der Waals surface area (Å²) >= 11 is 0. The van der Waals surface area contributed by atoms with Gasteiger partial charge in [-0.05, 0) is 55.0 Å². The molecule has 0 fully saturated rings. The molecule has 3 nitrogen and oxygen atoms in total. The highest BCUT2D eigenvalue weighted by molar-refractivity contribution is 5.95. The van der Waals surface area contributed by atoms with E-state index in [0.29, 0.717) is 6.42 Å². The first-order valence-electron chi connectivity index (χ1n) is 8.73. The minimum atomic E-state index is -0.499. The molecule has 0 aromatic heterocycles. The van der Waals surface area contributed by atoms with Crippen LogP contribution in [0.1, 0.15) is 43.9 Å². The average Bonchev–Trinajstić information content (AvgIpc) is 2.59. The topological polar surface area (TPSA) is 38.3 Å². The van der Waals surface area contributed by atoms with Crippen molar-refractivity contribution in [3.05, 3.63) is 59.2 Å². The summed E-state index contributed by atoms with van der Waals surface area (Å²) in [5.41, 5.74) is 4.38. The van der Waals surface area contributed by atoms with E-state index in [1.54, 1.807) is 0 Å². The summed E-state index contributed by atoms with van der Waals surface area (Å²) in [4.78, 5) is 12.7. The highest BCUT2D eigenvalue weighted by atomic mass is 16.5. The van der Waals surface area contributed by atoms with E-state index in [9.17, 15) is 4.79 Å². The predicted octanol–water partition coefficient (Wildman–Crippen LogP) is 4.92. The molecule has 0 unspecified atom stereocenters. The summed E-state index contributed by atoms with van der Waals surface area (Å²) in [6, 6.07) is 14.0. The van der Waals surface area contributed by atoms with E-state index >= 15 is 0 Å². The maximum absolute atomic E-state index is 12.7. The first-order valence-corrected chi connectivity index (χ1v) is 8.73. The quantitative estimate of drug-likeness (QED) is 0.785. The highest BCUT2D eigenvalue weighted by Gasteiger charge is 2.20. The fourth-order valence-electron chi connectivity index (χ4n) is 2.78. The fourth-order valence-corrected chi connectivity index (χ4v) is 2.78. The van der Waals surface area contributed by atoms with Gasteiger partial charge in [-0.25, -0.2) is 0 Å². The van der Waals surface area contributed by atoms with Gasteiger partial charge < -0.3 is 10.1 Å². The van der Waals surface area contributed by atoms with Crippen LogP contribution in [-0.4, -0.2) is 12.0 Å². The maximum atomic E-state index is 12.7. The number of nitrogens with one attached hydrogen (secondary N) is 1. The molecule has 24 heavy (non-hydrogen) atoms. The molecule has 128 valence electrons. The van der Waals surface area contributed by atoms with Crippen LogP contribution >= 0.6 is 0 Å². The third-order valence-corrected chi connectivity index (χ3v) is 4.18. The molecule has 0 aliphatic carbocycles. The van der Waals surface area contributed by atoms with Gasteiger partial charge >= 0.3 is 0 Å². The molecular weight excluding hydrogens is 298 g/mol. The van der Waals surface area contributed by atoms with Crippen LogP contribution in [0.5, 0.6) is 5.75 Å². The lowest BCUT2D eigenvalue weighted by Gasteiger charge is -2.20. The van der Waals surface area contributed by atoms with Crippen molar-refractivity contribution in [2.45, 2.75) is 53.1 Å². The molecule has 1 atom stereocenters. The third kappa shape index (κ3) is 4.38. The molecule has 3 heteroatoms. The Morgan fingerprint density at radius 1 is 1.04 bits per heavy atom. The highest BCUT2D eigenvalue weighted by Crippen LogP contribution is 2.24. The number of hydrogen-bond donors (Lipinski definition) is 1. The van der Waals surface area contributed by atoms with Gasteiger partial charge in [0.25, 0.3) is 5.91 Å². The third-order valence-electron chi connectivity index (χ3n) is 4.18. The van der Waals surface area contributed by atoms with Gasteiger partial charge in [0.1, 0.15) is 5.75 Å². The molecule has 0 radical (unpaired) electrons. The van der Waals surface area contributed by atoms with Crippen molar-refractivity contribution in [1.29, 1.82) is 0 Å². The first kappa shape index (κ1) is 18.1. The minimum absolute atomic E-state index is 0.0883. The normalized spacial score (nSPS) is 11.8. The molecule has 2 rings (SSSR count). The van der Waals surface area contributed by atoms with Crippen LogP contribution in [0, 0.1) is 6.92 Å². The summed E-state index contributed by atoms with van der Waals surface area (Å²) in [5, 5.41) is 3.10. The molecule has 0 saturated carbocycles. The van der Waals surface area contributed by atoms with Gasteiger partial charge in [0.15, 0.2) is 6.10 Å². The molecule has 0 aliphatic heterocycles. The van der Waals surface area contributed by atoms with Crippen LogP contribution in [0.4, 0.5) is 5.69 Å². The van der Waals surface area contributed by atoms with E-state index in [1.807, 2.05) is 44.2 Å². The molecule has 1 N–H and O–H groups in total. The molecule has 0 spiro atoms. The number of para-hydroxylation sites is 1. The number of benzene rings is 2. The molecular formula is C21H27NO2. The number of anilines is 1. The van der Waals surface area contributed by atoms with Crippen molar-refractivity contribution >= 4 is 11.6 Å². The maximum Gasteiger partial charge on any atom is 0.265 e. The summed E-state index contributed by atoms with van der Waals surface area (Å²) in [5.74, 6) is 0.645. The fraction of sp³-hybridized carbons (Fsp3) is 0.381. The Balaban J connectivity index is 2.18. The Bertz CT molecular complexity index is 672. The average molecular weight is 325 g/mol. The van der Waals surface area contributed by atoms with Gasteiger partial charge in [-0.3, -0.25) is 4.79 Å². The van der Waals surface area contributed by atoms with Crippen molar-refractivity contribution in [3.8, 4) is 5.75 Å². The van der Waals surface area contributed by atoms with Crippen molar-refractivity contribution in [2.24, 2.45) is 0 Å². The number of aryl methyl sites for hydroxylation is 3. The van der Waals surface area contributed by atoms with E-state index in [2.05, 4.69) is 31.3 Å². The predicted molar refractivity (Wildman–Crippen MR) is 99.7 cm³/mol. The van der Waals surface area contributed by atoms with Crippen molar-refractivity contribution in [1.82, 2.24) is 0 Å². The van der Waals surface area contributed by atoms with Crippen molar-refractivity contribution < 1.29 is 9.53 Å². The Labute approximate surface area is 145 Å². The second-order valence-electron chi connectivity index (χ2n) is 5.98. The number of rotatable bonds is 7. The number of ether oxygens (including phenoxy) is 1. The summed E-state index contributed by atoms with van der Waals surface area (Å²) < 4.78 is 5.91. The van der Waals surface area contributed by atoms with E-state index in [1.165, 1.54) is 0 Å². The van der Waals surface area contributed by atoms with Crippen LogP contribution in [0.15, 0.2) is 42.5 Å². The van der Waals surface area contributed by atoms with Gasteiger partial charge in [-0.15, -0.1) is 0 Å². The Morgan fingerprint density at radius 3 is 2.21 bits per heavy atom. The Kier molecular flexibility index (Phi) is 6.42. The lowest BCUT2D eigenvalue weighted by atomic mass is 10.0. The van der Waals surface area contributed by atoms with E-state index in [0.717, 1.165) is 41.0 Å². The van der Waals surface area contributed by atoms with E-state index < -0.39 is 6.10 Å². The summed E-state index contributed by atoms with van der Waals surface area (Å²) in [7, 11) is 0. The van der Waals surface area contributed by atoms with Gasteiger partial charge in [0.05, 0.1) is 0 Å². The zero-order valence-corrected chi connectivity index (χ0v) is 15.1.